The van der Waals surface area contributed by atoms with Crippen LogP contribution in [0.4, 0.5) is 0 Å². The molecule has 0 atom stereocenters. The molecular formula is C12H17NOS. The maximum atomic E-state index is 11.4. The van der Waals surface area contributed by atoms with Gasteiger partial charge in [0.15, 0.2) is 0 Å². The normalized spacial score (nSPS) is 10.3. The van der Waals surface area contributed by atoms with Crippen LogP contribution in [-0.4, -0.2) is 18.2 Å². The summed E-state index contributed by atoms with van der Waals surface area (Å²) in [5.74, 6) is 1.12. The molecule has 0 aliphatic heterocycles. The minimum absolute atomic E-state index is 0.109. The summed E-state index contributed by atoms with van der Waals surface area (Å²) in [6.07, 6.45) is 0. The number of amides is 1. The number of rotatable bonds is 5. The zero-order valence-corrected chi connectivity index (χ0v) is 10.0. The molecule has 1 aromatic carbocycles. The second-order valence-electron chi connectivity index (χ2n) is 3.80. The van der Waals surface area contributed by atoms with Crippen LogP contribution in [0.5, 0.6) is 0 Å². The second-order valence-corrected chi connectivity index (χ2v) is 4.85. The van der Waals surface area contributed by atoms with Crippen molar-refractivity contribution >= 4 is 17.7 Å². The summed E-state index contributed by atoms with van der Waals surface area (Å²) in [5, 5.41) is 2.89. The quantitative estimate of drug-likeness (QED) is 0.777. The van der Waals surface area contributed by atoms with Gasteiger partial charge in [-0.15, -0.1) is 11.8 Å². The van der Waals surface area contributed by atoms with Crippen LogP contribution >= 0.6 is 11.8 Å². The van der Waals surface area contributed by atoms with Crippen LogP contribution in [0.3, 0.4) is 0 Å². The van der Waals surface area contributed by atoms with E-state index in [1.54, 1.807) is 11.8 Å². The van der Waals surface area contributed by atoms with Crippen molar-refractivity contribution in [2.75, 3.05) is 12.3 Å². The highest BCUT2D eigenvalue weighted by atomic mass is 32.2. The molecule has 82 valence electrons. The van der Waals surface area contributed by atoms with Gasteiger partial charge in [-0.25, -0.2) is 0 Å². The van der Waals surface area contributed by atoms with Crippen molar-refractivity contribution in [3.63, 3.8) is 0 Å². The van der Waals surface area contributed by atoms with Gasteiger partial charge in [0.25, 0.3) is 0 Å². The standard InChI is InChI=1S/C12H17NOS/c1-10(2)8-13-12(14)9-15-11-6-4-3-5-7-11/h3-7,10H,8-9H2,1-2H3,(H,13,14). The molecule has 0 heterocycles. The monoisotopic (exact) mass is 223 g/mol. The summed E-state index contributed by atoms with van der Waals surface area (Å²) in [6.45, 7) is 4.93. The molecule has 2 nitrogen and oxygen atoms in total. The summed E-state index contributed by atoms with van der Waals surface area (Å²) in [6, 6.07) is 9.96. The van der Waals surface area contributed by atoms with Crippen molar-refractivity contribution < 1.29 is 4.79 Å². The SMILES string of the molecule is CC(C)CNC(=O)CSc1ccccc1. The summed E-state index contributed by atoms with van der Waals surface area (Å²) < 4.78 is 0. The predicted molar refractivity (Wildman–Crippen MR) is 65.0 cm³/mol. The third-order valence-electron chi connectivity index (χ3n) is 1.82. The van der Waals surface area contributed by atoms with Gasteiger partial charge in [0.1, 0.15) is 0 Å². The number of hydrogen-bond acceptors (Lipinski definition) is 2. The van der Waals surface area contributed by atoms with Crippen molar-refractivity contribution in [3.8, 4) is 0 Å². The number of benzene rings is 1. The Hall–Kier alpha value is -0.960. The van der Waals surface area contributed by atoms with Gasteiger partial charge in [0, 0.05) is 11.4 Å². The first kappa shape index (κ1) is 12.1. The first-order valence-electron chi connectivity index (χ1n) is 5.13. The van der Waals surface area contributed by atoms with Crippen molar-refractivity contribution in [1.29, 1.82) is 0 Å². The van der Waals surface area contributed by atoms with Gasteiger partial charge < -0.3 is 5.32 Å². The van der Waals surface area contributed by atoms with Gasteiger partial charge >= 0.3 is 0 Å². The van der Waals surface area contributed by atoms with Crippen molar-refractivity contribution in [3.05, 3.63) is 30.3 Å². The first-order chi connectivity index (χ1) is 7.18. The third-order valence-corrected chi connectivity index (χ3v) is 2.83. The van der Waals surface area contributed by atoms with Crippen LogP contribution in [0.1, 0.15) is 13.8 Å². The summed E-state index contributed by atoms with van der Waals surface area (Å²) in [7, 11) is 0. The molecule has 0 radical (unpaired) electrons. The van der Waals surface area contributed by atoms with E-state index in [0.717, 1.165) is 11.4 Å². The maximum Gasteiger partial charge on any atom is 0.230 e. The van der Waals surface area contributed by atoms with E-state index in [1.165, 1.54) is 0 Å². The molecule has 1 aromatic rings. The van der Waals surface area contributed by atoms with E-state index in [1.807, 2.05) is 30.3 Å². The lowest BCUT2D eigenvalue weighted by molar-refractivity contribution is -0.118. The topological polar surface area (TPSA) is 29.1 Å². The molecule has 0 spiro atoms. The van der Waals surface area contributed by atoms with Gasteiger partial charge in [-0.3, -0.25) is 4.79 Å². The summed E-state index contributed by atoms with van der Waals surface area (Å²) in [4.78, 5) is 12.5. The molecule has 1 rings (SSSR count). The first-order valence-corrected chi connectivity index (χ1v) is 6.11. The lowest BCUT2D eigenvalue weighted by Crippen LogP contribution is -2.28. The highest BCUT2D eigenvalue weighted by molar-refractivity contribution is 8.00. The zero-order chi connectivity index (χ0) is 11.1. The average molecular weight is 223 g/mol. The number of nitrogens with one attached hydrogen (secondary N) is 1. The van der Waals surface area contributed by atoms with E-state index < -0.39 is 0 Å². The molecule has 0 unspecified atom stereocenters. The average Bonchev–Trinajstić information content (AvgIpc) is 2.25. The van der Waals surface area contributed by atoms with Gasteiger partial charge in [-0.05, 0) is 18.1 Å². The highest BCUT2D eigenvalue weighted by Crippen LogP contribution is 2.16. The third kappa shape index (κ3) is 5.47. The minimum atomic E-state index is 0.109. The molecule has 15 heavy (non-hydrogen) atoms. The van der Waals surface area contributed by atoms with Gasteiger partial charge in [0.2, 0.25) is 5.91 Å². The van der Waals surface area contributed by atoms with E-state index in [0.29, 0.717) is 11.7 Å². The highest BCUT2D eigenvalue weighted by Gasteiger charge is 2.02. The lowest BCUT2D eigenvalue weighted by Gasteiger charge is -2.07. The molecule has 0 saturated carbocycles. The second kappa shape index (κ2) is 6.51. The van der Waals surface area contributed by atoms with E-state index >= 15 is 0 Å². The zero-order valence-electron chi connectivity index (χ0n) is 9.19. The van der Waals surface area contributed by atoms with E-state index in [9.17, 15) is 4.79 Å². The van der Waals surface area contributed by atoms with Gasteiger partial charge in [-0.1, -0.05) is 32.0 Å². The molecule has 0 fully saturated rings. The molecule has 0 aromatic heterocycles. The Morgan fingerprint density at radius 2 is 2.00 bits per heavy atom. The number of thioether (sulfide) groups is 1. The Morgan fingerprint density at radius 3 is 2.60 bits per heavy atom. The number of carbonyl (C=O) groups is 1. The summed E-state index contributed by atoms with van der Waals surface area (Å²) >= 11 is 1.57. The van der Waals surface area contributed by atoms with Crippen LogP contribution in [0, 0.1) is 5.92 Å². The van der Waals surface area contributed by atoms with Crippen LogP contribution < -0.4 is 5.32 Å². The summed E-state index contributed by atoms with van der Waals surface area (Å²) in [5.41, 5.74) is 0. The Balaban J connectivity index is 2.23. The van der Waals surface area contributed by atoms with Crippen molar-refractivity contribution in [1.82, 2.24) is 5.32 Å². The Labute approximate surface area is 95.5 Å². The molecule has 3 heteroatoms. The Kier molecular flexibility index (Phi) is 5.26. The molecular weight excluding hydrogens is 206 g/mol. The molecule has 0 saturated heterocycles. The fourth-order valence-corrected chi connectivity index (χ4v) is 1.78. The van der Waals surface area contributed by atoms with Crippen LogP contribution in [0.2, 0.25) is 0 Å². The predicted octanol–water partition coefficient (Wildman–Crippen LogP) is 2.55. The van der Waals surface area contributed by atoms with Crippen molar-refractivity contribution in [2.24, 2.45) is 5.92 Å². The Bertz CT molecular complexity index is 298. The smallest absolute Gasteiger partial charge is 0.230 e. The molecule has 0 aliphatic carbocycles. The van der Waals surface area contributed by atoms with Gasteiger partial charge in [0.05, 0.1) is 5.75 Å². The lowest BCUT2D eigenvalue weighted by atomic mass is 10.2. The van der Waals surface area contributed by atoms with E-state index in [-0.39, 0.29) is 5.91 Å². The number of carbonyl (C=O) groups excluding carboxylic acids is 1. The Morgan fingerprint density at radius 1 is 1.33 bits per heavy atom. The van der Waals surface area contributed by atoms with E-state index in [4.69, 9.17) is 0 Å². The van der Waals surface area contributed by atoms with Crippen molar-refractivity contribution in [2.45, 2.75) is 18.7 Å². The molecule has 0 aliphatic rings. The fourth-order valence-electron chi connectivity index (χ4n) is 1.03. The largest absolute Gasteiger partial charge is 0.355 e. The molecule has 1 amide bonds. The molecule has 1 N–H and O–H groups in total. The van der Waals surface area contributed by atoms with E-state index in [2.05, 4.69) is 19.2 Å². The maximum absolute atomic E-state index is 11.4. The van der Waals surface area contributed by atoms with Crippen LogP contribution in [-0.2, 0) is 4.79 Å². The van der Waals surface area contributed by atoms with Crippen LogP contribution in [0.15, 0.2) is 35.2 Å². The minimum Gasteiger partial charge on any atom is -0.355 e. The van der Waals surface area contributed by atoms with Gasteiger partial charge in [-0.2, -0.15) is 0 Å². The number of hydrogen-bond donors (Lipinski definition) is 1. The molecule has 0 bridgehead atoms. The fraction of sp³-hybridized carbons (Fsp3) is 0.417. The van der Waals surface area contributed by atoms with Crippen LogP contribution in [0.25, 0.3) is 0 Å².